The van der Waals surface area contributed by atoms with Gasteiger partial charge in [0.2, 0.25) is 0 Å². The highest BCUT2D eigenvalue weighted by atomic mass is 79.9. The van der Waals surface area contributed by atoms with E-state index in [1.165, 1.54) is 12.3 Å². The van der Waals surface area contributed by atoms with E-state index in [-0.39, 0.29) is 11.4 Å². The summed E-state index contributed by atoms with van der Waals surface area (Å²) in [5.74, 6) is 0. The van der Waals surface area contributed by atoms with Gasteiger partial charge in [-0.3, -0.25) is 15.1 Å². The molecule has 0 amide bonds. The third kappa shape index (κ3) is 2.53. The molecule has 80 valence electrons. The summed E-state index contributed by atoms with van der Waals surface area (Å²) in [6.45, 7) is 0. The normalized spacial score (nSPS) is 10.8. The Bertz CT molecular complexity index is 418. The lowest BCUT2D eigenvalue weighted by Gasteiger charge is -2.04. The molecule has 0 radical (unpaired) electrons. The standard InChI is InChI=1S/C9H10BrN3O2/c1-12-5-7-2-6(4-10)3-8(9(7)11)13(14)15/h2-3,5H,4,11H2,1H3. The monoisotopic (exact) mass is 271 g/mol. The second kappa shape index (κ2) is 4.88. The largest absolute Gasteiger partial charge is 0.393 e. The van der Waals surface area contributed by atoms with E-state index in [2.05, 4.69) is 20.9 Å². The van der Waals surface area contributed by atoms with Crippen LogP contribution in [0.4, 0.5) is 11.4 Å². The number of hydrogen-bond acceptors (Lipinski definition) is 4. The molecular formula is C9H10BrN3O2. The fourth-order valence-electron chi connectivity index (χ4n) is 1.19. The number of benzene rings is 1. The first-order chi connectivity index (χ1) is 7.10. The van der Waals surface area contributed by atoms with Gasteiger partial charge < -0.3 is 5.73 Å². The number of rotatable bonds is 3. The van der Waals surface area contributed by atoms with Crippen LogP contribution in [0.25, 0.3) is 0 Å². The quantitative estimate of drug-likeness (QED) is 0.301. The Morgan fingerprint density at radius 1 is 1.67 bits per heavy atom. The van der Waals surface area contributed by atoms with Gasteiger partial charge in [-0.1, -0.05) is 15.9 Å². The molecule has 1 aromatic carbocycles. The Morgan fingerprint density at radius 2 is 2.33 bits per heavy atom. The van der Waals surface area contributed by atoms with E-state index in [1.807, 2.05) is 0 Å². The Kier molecular flexibility index (Phi) is 3.79. The number of halogens is 1. The van der Waals surface area contributed by atoms with Crippen LogP contribution in [0.15, 0.2) is 17.1 Å². The zero-order chi connectivity index (χ0) is 11.4. The van der Waals surface area contributed by atoms with E-state index in [0.29, 0.717) is 10.9 Å². The maximum atomic E-state index is 10.7. The van der Waals surface area contributed by atoms with Gasteiger partial charge in [0.1, 0.15) is 5.69 Å². The van der Waals surface area contributed by atoms with Crippen molar-refractivity contribution in [3.8, 4) is 0 Å². The molecule has 1 aromatic rings. The van der Waals surface area contributed by atoms with Crippen molar-refractivity contribution in [3.05, 3.63) is 33.4 Å². The fraction of sp³-hybridized carbons (Fsp3) is 0.222. The third-order valence-electron chi connectivity index (χ3n) is 1.87. The smallest absolute Gasteiger partial charge is 0.293 e. The molecule has 0 aliphatic rings. The highest BCUT2D eigenvalue weighted by Gasteiger charge is 2.15. The molecule has 5 nitrogen and oxygen atoms in total. The molecule has 0 aromatic heterocycles. The number of anilines is 1. The maximum absolute atomic E-state index is 10.7. The Labute approximate surface area is 95.3 Å². The molecule has 0 aliphatic heterocycles. The second-order valence-corrected chi connectivity index (χ2v) is 3.46. The van der Waals surface area contributed by atoms with E-state index in [1.54, 1.807) is 13.1 Å². The fourth-order valence-corrected chi connectivity index (χ4v) is 1.52. The van der Waals surface area contributed by atoms with Crippen LogP contribution in [0, 0.1) is 10.1 Å². The number of nitro benzene ring substituents is 1. The summed E-state index contributed by atoms with van der Waals surface area (Å²) >= 11 is 3.24. The van der Waals surface area contributed by atoms with E-state index in [9.17, 15) is 10.1 Å². The lowest BCUT2D eigenvalue weighted by atomic mass is 10.1. The van der Waals surface area contributed by atoms with Crippen LogP contribution in [-0.2, 0) is 5.33 Å². The van der Waals surface area contributed by atoms with Gasteiger partial charge in [0.15, 0.2) is 0 Å². The minimum absolute atomic E-state index is 0.0816. The maximum Gasteiger partial charge on any atom is 0.293 e. The molecule has 0 unspecified atom stereocenters. The van der Waals surface area contributed by atoms with Crippen molar-refractivity contribution in [2.75, 3.05) is 12.8 Å². The first kappa shape index (κ1) is 11.6. The average molecular weight is 272 g/mol. The zero-order valence-corrected chi connectivity index (χ0v) is 9.69. The van der Waals surface area contributed by atoms with Gasteiger partial charge in [0.05, 0.1) is 4.92 Å². The molecule has 0 saturated carbocycles. The number of alkyl halides is 1. The summed E-state index contributed by atoms with van der Waals surface area (Å²) in [6.07, 6.45) is 1.51. The SMILES string of the molecule is CN=Cc1cc(CBr)cc([N+](=O)[O-])c1N. The van der Waals surface area contributed by atoms with Gasteiger partial charge in [-0.2, -0.15) is 0 Å². The summed E-state index contributed by atoms with van der Waals surface area (Å²) < 4.78 is 0. The van der Waals surface area contributed by atoms with Gasteiger partial charge in [0, 0.05) is 30.2 Å². The first-order valence-corrected chi connectivity index (χ1v) is 5.27. The lowest BCUT2D eigenvalue weighted by molar-refractivity contribution is -0.383. The predicted molar refractivity (Wildman–Crippen MR) is 63.7 cm³/mol. The van der Waals surface area contributed by atoms with Gasteiger partial charge in [-0.25, -0.2) is 0 Å². The number of aliphatic imine (C=N–C) groups is 1. The van der Waals surface area contributed by atoms with E-state index in [0.717, 1.165) is 5.56 Å². The molecule has 0 bridgehead atoms. The minimum Gasteiger partial charge on any atom is -0.393 e. The molecule has 1 rings (SSSR count). The zero-order valence-electron chi connectivity index (χ0n) is 8.11. The van der Waals surface area contributed by atoms with Crippen molar-refractivity contribution in [2.24, 2.45) is 4.99 Å². The Balaban J connectivity index is 3.39. The van der Waals surface area contributed by atoms with Crippen molar-refractivity contribution in [1.82, 2.24) is 0 Å². The van der Waals surface area contributed by atoms with Crippen molar-refractivity contribution in [1.29, 1.82) is 0 Å². The van der Waals surface area contributed by atoms with Crippen LogP contribution in [0.3, 0.4) is 0 Å². The molecule has 0 aliphatic carbocycles. The summed E-state index contributed by atoms with van der Waals surface area (Å²) in [6, 6.07) is 3.22. The number of hydrogen-bond donors (Lipinski definition) is 1. The van der Waals surface area contributed by atoms with E-state index < -0.39 is 4.92 Å². The van der Waals surface area contributed by atoms with Crippen LogP contribution in [0.1, 0.15) is 11.1 Å². The van der Waals surface area contributed by atoms with Gasteiger partial charge in [-0.15, -0.1) is 0 Å². The molecule has 0 fully saturated rings. The van der Waals surface area contributed by atoms with Crippen LogP contribution in [-0.4, -0.2) is 18.2 Å². The number of nitro groups is 1. The highest BCUT2D eigenvalue weighted by Crippen LogP contribution is 2.27. The van der Waals surface area contributed by atoms with Crippen molar-refractivity contribution in [2.45, 2.75) is 5.33 Å². The number of nitrogens with two attached hydrogens (primary N) is 1. The molecule has 0 spiro atoms. The van der Waals surface area contributed by atoms with Crippen molar-refractivity contribution >= 4 is 33.5 Å². The van der Waals surface area contributed by atoms with Gasteiger partial charge in [-0.05, 0) is 11.6 Å². The van der Waals surface area contributed by atoms with Crippen LogP contribution >= 0.6 is 15.9 Å². The van der Waals surface area contributed by atoms with Crippen LogP contribution in [0.5, 0.6) is 0 Å². The van der Waals surface area contributed by atoms with Gasteiger partial charge in [0.25, 0.3) is 5.69 Å². The molecule has 0 saturated heterocycles. The number of nitrogens with zero attached hydrogens (tertiary/aromatic N) is 2. The van der Waals surface area contributed by atoms with Crippen molar-refractivity contribution < 1.29 is 4.92 Å². The summed E-state index contributed by atoms with van der Waals surface area (Å²) in [5.41, 5.74) is 7.08. The Hall–Kier alpha value is -1.43. The molecular weight excluding hydrogens is 262 g/mol. The van der Waals surface area contributed by atoms with Crippen LogP contribution < -0.4 is 5.73 Å². The second-order valence-electron chi connectivity index (χ2n) is 2.90. The number of nitrogen functional groups attached to an aromatic ring is 1. The van der Waals surface area contributed by atoms with E-state index in [4.69, 9.17) is 5.73 Å². The minimum atomic E-state index is -0.492. The third-order valence-corrected chi connectivity index (χ3v) is 2.52. The lowest BCUT2D eigenvalue weighted by Crippen LogP contribution is -2.01. The average Bonchev–Trinajstić information content (AvgIpc) is 2.21. The topological polar surface area (TPSA) is 81.5 Å². The molecule has 0 heterocycles. The van der Waals surface area contributed by atoms with E-state index >= 15 is 0 Å². The Morgan fingerprint density at radius 3 is 2.80 bits per heavy atom. The summed E-state index contributed by atoms with van der Waals surface area (Å²) in [4.78, 5) is 14.0. The molecule has 2 N–H and O–H groups in total. The molecule has 0 atom stereocenters. The summed E-state index contributed by atoms with van der Waals surface area (Å²) in [5, 5.41) is 11.3. The van der Waals surface area contributed by atoms with Gasteiger partial charge >= 0.3 is 0 Å². The predicted octanol–water partition coefficient (Wildman–Crippen LogP) is 2.12. The van der Waals surface area contributed by atoms with Crippen molar-refractivity contribution in [3.63, 3.8) is 0 Å². The summed E-state index contributed by atoms with van der Waals surface area (Å²) in [7, 11) is 1.59. The molecule has 15 heavy (non-hydrogen) atoms. The first-order valence-electron chi connectivity index (χ1n) is 4.15. The van der Waals surface area contributed by atoms with Crippen LogP contribution in [0.2, 0.25) is 0 Å². The highest BCUT2D eigenvalue weighted by molar-refractivity contribution is 9.08. The molecule has 6 heteroatoms.